The monoisotopic (exact) mass is 497 g/mol. The van der Waals surface area contributed by atoms with Crippen LogP contribution in [0.3, 0.4) is 0 Å². The second-order valence-corrected chi connectivity index (χ2v) is 9.96. The number of amides is 1. The highest BCUT2D eigenvalue weighted by molar-refractivity contribution is 7.92. The number of aryl methyl sites for hydroxylation is 2. The first-order valence-electron chi connectivity index (χ1n) is 9.46. The van der Waals surface area contributed by atoms with Crippen LogP contribution in [0.5, 0.6) is 0 Å². The Morgan fingerprint density at radius 2 is 1.88 bits per heavy atom. The molecule has 3 rings (SSSR count). The molecule has 1 aromatic carbocycles. The molecule has 8 nitrogen and oxygen atoms in total. The molecule has 0 bridgehead atoms. The number of benzene rings is 1. The van der Waals surface area contributed by atoms with E-state index in [2.05, 4.69) is 9.72 Å². The summed E-state index contributed by atoms with van der Waals surface area (Å²) < 4.78 is 30.8. The molecule has 3 aromatic rings. The van der Waals surface area contributed by atoms with Gasteiger partial charge in [-0.1, -0.05) is 35.3 Å². The largest absolute Gasteiger partial charge is 0.468 e. The fourth-order valence-corrected chi connectivity index (χ4v) is 4.93. The van der Waals surface area contributed by atoms with E-state index in [1.165, 1.54) is 17.0 Å². The number of rotatable bonds is 7. The highest BCUT2D eigenvalue weighted by atomic mass is 35.5. The van der Waals surface area contributed by atoms with Gasteiger partial charge < -0.3 is 9.30 Å². The predicted molar refractivity (Wildman–Crippen MR) is 123 cm³/mol. The van der Waals surface area contributed by atoms with Crippen molar-refractivity contribution in [1.29, 1.82) is 0 Å². The van der Waals surface area contributed by atoms with Crippen LogP contribution in [0, 0.1) is 6.92 Å². The number of pyridine rings is 1. The molecule has 0 spiro atoms. The van der Waals surface area contributed by atoms with Crippen LogP contribution in [-0.2, 0) is 31.2 Å². The van der Waals surface area contributed by atoms with Gasteiger partial charge in [-0.25, -0.2) is 13.4 Å². The SMILES string of the molecule is COC(=O)CS(=O)(=O)c1ccc([C@@H](C)N(C=O)c2cc3c(Cl)c(Cl)c(C)nc3n2C)cc1. The van der Waals surface area contributed by atoms with Crippen LogP contribution in [0.2, 0.25) is 10.0 Å². The zero-order valence-corrected chi connectivity index (χ0v) is 20.1. The van der Waals surface area contributed by atoms with E-state index in [1.807, 2.05) is 0 Å². The van der Waals surface area contributed by atoms with Gasteiger partial charge in [-0.2, -0.15) is 0 Å². The van der Waals surface area contributed by atoms with Gasteiger partial charge in [0.2, 0.25) is 6.41 Å². The van der Waals surface area contributed by atoms with Crippen LogP contribution in [0.1, 0.15) is 24.2 Å². The quantitative estimate of drug-likeness (QED) is 0.363. The van der Waals surface area contributed by atoms with Crippen molar-refractivity contribution in [3.05, 3.63) is 51.6 Å². The summed E-state index contributed by atoms with van der Waals surface area (Å²) in [5.74, 6) is -1.04. The predicted octanol–water partition coefficient (Wildman–Crippen LogP) is 3.86. The summed E-state index contributed by atoms with van der Waals surface area (Å²) in [7, 11) is -0.936. The van der Waals surface area contributed by atoms with Crippen LogP contribution in [0.4, 0.5) is 5.82 Å². The Morgan fingerprint density at radius 3 is 2.44 bits per heavy atom. The third kappa shape index (κ3) is 4.32. The molecule has 0 fully saturated rings. The molecular formula is C21H21Cl2N3O5S. The Labute approximate surface area is 195 Å². The minimum Gasteiger partial charge on any atom is -0.468 e. The zero-order valence-electron chi connectivity index (χ0n) is 17.8. The summed E-state index contributed by atoms with van der Waals surface area (Å²) in [5.41, 5.74) is 1.84. The summed E-state index contributed by atoms with van der Waals surface area (Å²) >= 11 is 12.6. The smallest absolute Gasteiger partial charge is 0.321 e. The molecule has 0 aliphatic carbocycles. The van der Waals surface area contributed by atoms with Gasteiger partial charge in [0.25, 0.3) is 0 Å². The van der Waals surface area contributed by atoms with Gasteiger partial charge in [0.1, 0.15) is 11.5 Å². The fourth-order valence-electron chi connectivity index (χ4n) is 3.36. The van der Waals surface area contributed by atoms with Crippen LogP contribution in [0.25, 0.3) is 11.0 Å². The normalized spacial score (nSPS) is 12.6. The van der Waals surface area contributed by atoms with E-state index in [9.17, 15) is 18.0 Å². The number of sulfone groups is 1. The van der Waals surface area contributed by atoms with Gasteiger partial charge in [0.15, 0.2) is 15.6 Å². The van der Waals surface area contributed by atoms with E-state index < -0.39 is 27.6 Å². The number of aromatic nitrogens is 2. The molecule has 0 N–H and O–H groups in total. The summed E-state index contributed by atoms with van der Waals surface area (Å²) in [6.45, 7) is 3.55. The number of carbonyl (C=O) groups is 2. The first kappa shape index (κ1) is 24.0. The summed E-state index contributed by atoms with van der Waals surface area (Å²) in [5, 5.41) is 1.32. The van der Waals surface area contributed by atoms with Crippen molar-refractivity contribution in [3.63, 3.8) is 0 Å². The van der Waals surface area contributed by atoms with Crippen molar-refractivity contribution in [2.45, 2.75) is 24.8 Å². The maximum atomic E-state index is 12.3. The molecule has 0 aliphatic heterocycles. The van der Waals surface area contributed by atoms with Gasteiger partial charge in [0.05, 0.1) is 33.8 Å². The molecule has 1 atom stereocenters. The first-order valence-corrected chi connectivity index (χ1v) is 11.9. The van der Waals surface area contributed by atoms with Crippen molar-refractivity contribution in [2.75, 3.05) is 17.8 Å². The Kier molecular flexibility index (Phi) is 6.83. The summed E-state index contributed by atoms with van der Waals surface area (Å²) in [6, 6.07) is 7.28. The Balaban J connectivity index is 1.97. The number of nitrogens with zero attached hydrogens (tertiary/aromatic N) is 3. The molecule has 170 valence electrons. The average Bonchev–Trinajstić information content (AvgIpc) is 3.08. The van der Waals surface area contributed by atoms with Gasteiger partial charge in [-0.05, 0) is 37.6 Å². The third-order valence-corrected chi connectivity index (χ3v) is 7.81. The number of halogens is 2. The van der Waals surface area contributed by atoms with Crippen molar-refractivity contribution >= 4 is 62.3 Å². The molecule has 0 unspecified atom stereocenters. The summed E-state index contributed by atoms with van der Waals surface area (Å²) in [6.07, 6.45) is 0.684. The highest BCUT2D eigenvalue weighted by Gasteiger charge is 2.24. The van der Waals surface area contributed by atoms with Crippen LogP contribution in [-0.4, -0.2) is 43.2 Å². The number of hydrogen-bond donors (Lipinski definition) is 0. The van der Waals surface area contributed by atoms with Gasteiger partial charge in [-0.15, -0.1) is 0 Å². The second kappa shape index (κ2) is 9.09. The minimum absolute atomic E-state index is 0.0118. The Morgan fingerprint density at radius 1 is 1.25 bits per heavy atom. The summed E-state index contributed by atoms with van der Waals surface area (Å²) in [4.78, 5) is 29.3. The molecule has 0 aliphatic rings. The molecule has 0 saturated carbocycles. The minimum atomic E-state index is -3.83. The number of methoxy groups -OCH3 is 1. The highest BCUT2D eigenvalue weighted by Crippen LogP contribution is 2.37. The Bertz CT molecular complexity index is 1300. The molecule has 11 heteroatoms. The fraction of sp³-hybridized carbons (Fsp3) is 0.286. The first-order chi connectivity index (χ1) is 15.0. The molecule has 2 heterocycles. The maximum Gasteiger partial charge on any atom is 0.321 e. The molecule has 32 heavy (non-hydrogen) atoms. The number of anilines is 1. The van der Waals surface area contributed by atoms with E-state index in [1.54, 1.807) is 43.7 Å². The van der Waals surface area contributed by atoms with Gasteiger partial charge >= 0.3 is 5.97 Å². The second-order valence-electron chi connectivity index (χ2n) is 7.22. The number of fused-ring (bicyclic) bond motifs is 1. The topological polar surface area (TPSA) is 98.6 Å². The number of carbonyl (C=O) groups excluding carboxylic acids is 2. The van der Waals surface area contributed by atoms with E-state index >= 15 is 0 Å². The molecule has 0 radical (unpaired) electrons. The van der Waals surface area contributed by atoms with Crippen molar-refractivity contribution in [3.8, 4) is 0 Å². The van der Waals surface area contributed by atoms with E-state index in [4.69, 9.17) is 23.2 Å². The molecule has 1 amide bonds. The van der Waals surface area contributed by atoms with Crippen LogP contribution >= 0.6 is 23.2 Å². The zero-order chi connectivity index (χ0) is 23.8. The van der Waals surface area contributed by atoms with Crippen molar-refractivity contribution in [2.24, 2.45) is 7.05 Å². The number of esters is 1. The lowest BCUT2D eigenvalue weighted by Crippen LogP contribution is -2.27. The van der Waals surface area contributed by atoms with Crippen LogP contribution < -0.4 is 4.90 Å². The van der Waals surface area contributed by atoms with Gasteiger partial charge in [0, 0.05) is 12.4 Å². The Hall–Kier alpha value is -2.62. The lowest BCUT2D eigenvalue weighted by molar-refractivity contribution is -0.137. The third-order valence-electron chi connectivity index (χ3n) is 5.25. The molecular weight excluding hydrogens is 477 g/mol. The van der Waals surface area contributed by atoms with Crippen molar-refractivity contribution in [1.82, 2.24) is 9.55 Å². The van der Waals surface area contributed by atoms with E-state index in [0.717, 1.165) is 7.11 Å². The molecule has 0 saturated heterocycles. The lowest BCUT2D eigenvalue weighted by Gasteiger charge is -2.26. The van der Waals surface area contributed by atoms with Gasteiger partial charge in [-0.3, -0.25) is 14.5 Å². The maximum absolute atomic E-state index is 12.3. The standard InChI is InChI=1S/C21H21Cl2N3O5S/c1-12-19(22)20(23)16-9-17(25(3)21(16)24-12)26(11-27)13(2)14-5-7-15(8-6-14)32(29,30)10-18(28)31-4/h5-9,11,13H,10H2,1-4H3/t13-/m1/s1. The number of ether oxygens (including phenoxy) is 1. The van der Waals surface area contributed by atoms with E-state index in [0.29, 0.717) is 44.6 Å². The lowest BCUT2D eigenvalue weighted by atomic mass is 10.1. The molecule has 2 aromatic heterocycles. The van der Waals surface area contributed by atoms with E-state index in [-0.39, 0.29) is 4.90 Å². The average molecular weight is 498 g/mol. The number of hydrogen-bond acceptors (Lipinski definition) is 6. The van der Waals surface area contributed by atoms with Crippen LogP contribution in [0.15, 0.2) is 35.2 Å². The van der Waals surface area contributed by atoms with Crippen molar-refractivity contribution < 1.29 is 22.7 Å².